The summed E-state index contributed by atoms with van der Waals surface area (Å²) in [6, 6.07) is 3.48. The number of alkyl halides is 3. The quantitative estimate of drug-likeness (QED) is 0.463. The Labute approximate surface area is 159 Å². The van der Waals surface area contributed by atoms with Crippen molar-refractivity contribution in [1.29, 1.82) is 0 Å². The van der Waals surface area contributed by atoms with Crippen LogP contribution in [0, 0.1) is 18.8 Å². The number of rotatable bonds is 8. The minimum atomic E-state index is -4.73. The first-order chi connectivity index (χ1) is 12.9. The highest BCUT2D eigenvalue weighted by Gasteiger charge is 2.34. The van der Waals surface area contributed by atoms with Gasteiger partial charge in [-0.3, -0.25) is 0 Å². The first-order valence-electron chi connectivity index (χ1n) is 10.1. The monoisotopic (exact) mass is 382 g/mol. The maximum atomic E-state index is 12.9. The molecule has 2 saturated carbocycles. The second kappa shape index (κ2) is 9.03. The van der Waals surface area contributed by atoms with Crippen LogP contribution >= 0.6 is 0 Å². The van der Waals surface area contributed by atoms with Gasteiger partial charge in [-0.25, -0.2) is 0 Å². The molecule has 0 saturated heterocycles. The summed E-state index contributed by atoms with van der Waals surface area (Å²) in [5.74, 6) is 1.26. The number of allylic oxidation sites excluding steroid dienone is 2. The molecule has 2 aliphatic rings. The Kier molecular flexibility index (Phi) is 6.72. The lowest BCUT2D eigenvalue weighted by Crippen LogP contribution is -2.19. The summed E-state index contributed by atoms with van der Waals surface area (Å²) in [5, 5.41) is 0. The van der Waals surface area contributed by atoms with Crippen LogP contribution in [-0.2, 0) is 6.42 Å². The van der Waals surface area contributed by atoms with Gasteiger partial charge in [0.2, 0.25) is 0 Å². The summed E-state index contributed by atoms with van der Waals surface area (Å²) in [4.78, 5) is 0. The molecule has 0 bridgehead atoms. The Morgan fingerprint density at radius 2 is 1.81 bits per heavy atom. The molecule has 5 heteroatoms. The number of ether oxygens (including phenoxy) is 2. The Bertz CT molecular complexity index is 642. The molecule has 2 nitrogen and oxygen atoms in total. The predicted molar refractivity (Wildman–Crippen MR) is 100 cm³/mol. The van der Waals surface area contributed by atoms with Gasteiger partial charge in [0, 0.05) is 0 Å². The third-order valence-electron chi connectivity index (χ3n) is 5.85. The molecule has 0 aliphatic heterocycles. The van der Waals surface area contributed by atoms with E-state index in [-0.39, 0.29) is 11.5 Å². The number of hydrogen-bond donors (Lipinski definition) is 0. The van der Waals surface area contributed by atoms with Crippen LogP contribution in [0.3, 0.4) is 0 Å². The SMILES string of the molecule is Cc1c(C/C=C/C2CCCC2)ccc(OCCC2CCC2)c1OC(F)(F)F. The Hall–Kier alpha value is -1.65. The normalized spacial score (nSPS) is 18.8. The smallest absolute Gasteiger partial charge is 0.490 e. The average Bonchev–Trinajstić information content (AvgIpc) is 3.07. The fourth-order valence-electron chi connectivity index (χ4n) is 3.94. The van der Waals surface area contributed by atoms with Crippen LogP contribution < -0.4 is 9.47 Å². The summed E-state index contributed by atoms with van der Waals surface area (Å²) in [6.45, 7) is 2.11. The molecule has 0 N–H and O–H groups in total. The molecule has 150 valence electrons. The van der Waals surface area contributed by atoms with E-state index in [0.717, 1.165) is 12.0 Å². The highest BCUT2D eigenvalue weighted by Crippen LogP contribution is 2.38. The second-order valence-corrected chi connectivity index (χ2v) is 7.84. The van der Waals surface area contributed by atoms with Crippen molar-refractivity contribution in [2.45, 2.75) is 71.1 Å². The fraction of sp³-hybridized carbons (Fsp3) is 0.636. The van der Waals surface area contributed by atoms with E-state index in [1.54, 1.807) is 13.0 Å². The van der Waals surface area contributed by atoms with Gasteiger partial charge in [0.05, 0.1) is 6.61 Å². The summed E-state index contributed by atoms with van der Waals surface area (Å²) in [5.41, 5.74) is 1.35. The van der Waals surface area contributed by atoms with Gasteiger partial charge in [-0.15, -0.1) is 13.2 Å². The van der Waals surface area contributed by atoms with Crippen LogP contribution in [0.4, 0.5) is 13.2 Å². The number of benzene rings is 1. The van der Waals surface area contributed by atoms with E-state index >= 15 is 0 Å². The zero-order valence-corrected chi connectivity index (χ0v) is 16.0. The van der Waals surface area contributed by atoms with E-state index in [9.17, 15) is 13.2 Å². The molecule has 0 amide bonds. The summed E-state index contributed by atoms with van der Waals surface area (Å²) in [6.07, 6.45) is 9.65. The molecule has 1 aromatic carbocycles. The van der Waals surface area contributed by atoms with Crippen LogP contribution in [-0.4, -0.2) is 13.0 Å². The van der Waals surface area contributed by atoms with Crippen molar-refractivity contribution < 1.29 is 22.6 Å². The van der Waals surface area contributed by atoms with Gasteiger partial charge in [-0.2, -0.15) is 0 Å². The molecule has 0 atom stereocenters. The van der Waals surface area contributed by atoms with E-state index in [0.29, 0.717) is 30.4 Å². The van der Waals surface area contributed by atoms with Gasteiger partial charge in [0.25, 0.3) is 0 Å². The maximum Gasteiger partial charge on any atom is 0.573 e. The number of halogens is 3. The van der Waals surface area contributed by atoms with E-state index in [2.05, 4.69) is 16.9 Å². The van der Waals surface area contributed by atoms with E-state index in [4.69, 9.17) is 4.74 Å². The van der Waals surface area contributed by atoms with Crippen LogP contribution in [0.2, 0.25) is 0 Å². The molecule has 0 heterocycles. The van der Waals surface area contributed by atoms with Crippen molar-refractivity contribution in [2.24, 2.45) is 11.8 Å². The fourth-order valence-corrected chi connectivity index (χ4v) is 3.94. The third kappa shape index (κ3) is 5.91. The molecule has 27 heavy (non-hydrogen) atoms. The maximum absolute atomic E-state index is 12.9. The van der Waals surface area contributed by atoms with Crippen LogP contribution in [0.25, 0.3) is 0 Å². The van der Waals surface area contributed by atoms with Gasteiger partial charge < -0.3 is 9.47 Å². The zero-order valence-electron chi connectivity index (χ0n) is 16.0. The van der Waals surface area contributed by atoms with Crippen molar-refractivity contribution in [3.05, 3.63) is 35.4 Å². The van der Waals surface area contributed by atoms with Crippen LogP contribution in [0.15, 0.2) is 24.3 Å². The molecular formula is C22H29F3O2. The van der Waals surface area contributed by atoms with Crippen molar-refractivity contribution in [3.63, 3.8) is 0 Å². The van der Waals surface area contributed by atoms with E-state index in [1.807, 2.05) is 6.07 Å². The molecular weight excluding hydrogens is 353 g/mol. The van der Waals surface area contributed by atoms with E-state index in [1.165, 1.54) is 44.9 Å². The van der Waals surface area contributed by atoms with Crippen molar-refractivity contribution in [3.8, 4) is 11.5 Å². The minimum Gasteiger partial charge on any atom is -0.490 e. The second-order valence-electron chi connectivity index (χ2n) is 7.84. The van der Waals surface area contributed by atoms with Crippen molar-refractivity contribution in [1.82, 2.24) is 0 Å². The molecule has 2 fully saturated rings. The highest BCUT2D eigenvalue weighted by molar-refractivity contribution is 5.50. The lowest BCUT2D eigenvalue weighted by Gasteiger charge is -2.25. The predicted octanol–water partition coefficient (Wildman–Crippen LogP) is 6.75. The van der Waals surface area contributed by atoms with Gasteiger partial charge in [0.1, 0.15) is 0 Å². The van der Waals surface area contributed by atoms with Gasteiger partial charge >= 0.3 is 6.36 Å². The lowest BCUT2D eigenvalue weighted by atomic mass is 9.83. The Morgan fingerprint density at radius 3 is 2.44 bits per heavy atom. The molecule has 0 unspecified atom stereocenters. The highest BCUT2D eigenvalue weighted by atomic mass is 19.4. The molecule has 1 aromatic rings. The zero-order chi connectivity index (χ0) is 19.3. The summed E-state index contributed by atoms with van der Waals surface area (Å²) in [7, 11) is 0. The van der Waals surface area contributed by atoms with Crippen LogP contribution in [0.1, 0.15) is 62.5 Å². The van der Waals surface area contributed by atoms with Gasteiger partial charge in [-0.1, -0.05) is 50.3 Å². The van der Waals surface area contributed by atoms with Gasteiger partial charge in [0.15, 0.2) is 11.5 Å². The lowest BCUT2D eigenvalue weighted by molar-refractivity contribution is -0.275. The standard InChI is InChI=1S/C22H29F3O2/c1-16-19(11-5-10-17-6-2-3-7-17)12-13-20(21(16)27-22(23,24)25)26-15-14-18-8-4-9-18/h5,10,12-13,17-18H,2-4,6-9,11,14-15H2,1H3/b10-5+. The first kappa shape index (κ1) is 20.1. The van der Waals surface area contributed by atoms with E-state index < -0.39 is 6.36 Å². The largest absolute Gasteiger partial charge is 0.573 e. The third-order valence-corrected chi connectivity index (χ3v) is 5.85. The molecule has 0 spiro atoms. The summed E-state index contributed by atoms with van der Waals surface area (Å²) < 4.78 is 48.7. The molecule has 3 rings (SSSR count). The first-order valence-corrected chi connectivity index (χ1v) is 10.1. The van der Waals surface area contributed by atoms with Crippen LogP contribution in [0.5, 0.6) is 11.5 Å². The molecule has 2 aliphatic carbocycles. The van der Waals surface area contributed by atoms with Crippen molar-refractivity contribution in [2.75, 3.05) is 6.61 Å². The Morgan fingerprint density at radius 1 is 1.07 bits per heavy atom. The molecule has 0 aromatic heterocycles. The Balaban J connectivity index is 1.69. The number of hydrogen-bond acceptors (Lipinski definition) is 2. The minimum absolute atomic E-state index is 0.188. The summed E-state index contributed by atoms with van der Waals surface area (Å²) >= 11 is 0. The van der Waals surface area contributed by atoms with Crippen molar-refractivity contribution >= 4 is 0 Å². The topological polar surface area (TPSA) is 18.5 Å². The van der Waals surface area contributed by atoms with Gasteiger partial charge in [-0.05, 0) is 61.6 Å². The average molecular weight is 382 g/mol. The molecule has 0 radical (unpaired) electrons.